The number of benzene rings is 1. The fourth-order valence-electron chi connectivity index (χ4n) is 4.75. The van der Waals surface area contributed by atoms with Crippen LogP contribution in [0.1, 0.15) is 71.4 Å². The maximum absolute atomic E-state index is 5.05. The maximum Gasteiger partial charge on any atom is 0.129 e. The number of fused-ring (bicyclic) bond motifs is 1. The third-order valence-corrected chi connectivity index (χ3v) is 6.99. The van der Waals surface area contributed by atoms with E-state index in [0.29, 0.717) is 0 Å². The zero-order valence-electron chi connectivity index (χ0n) is 17.7. The lowest BCUT2D eigenvalue weighted by Gasteiger charge is -2.42. The first-order valence-electron chi connectivity index (χ1n) is 10.6. The number of nitrogens with zero attached hydrogens (tertiary/aromatic N) is 2. The summed E-state index contributed by atoms with van der Waals surface area (Å²) in [6.45, 7) is 14.2. The van der Waals surface area contributed by atoms with Crippen LogP contribution in [0.4, 0.5) is 5.82 Å². The summed E-state index contributed by atoms with van der Waals surface area (Å²) < 4.78 is 0. The lowest BCUT2D eigenvalue weighted by Crippen LogP contribution is -2.34. The number of hydrogen-bond donors (Lipinski definition) is 0. The predicted molar refractivity (Wildman–Crippen MR) is 116 cm³/mol. The SMILES string of the molecule is CC1CCN(c2cccc(-c3ccc4c(c3)C(C)(C)CCC4(C)C)n2)CC1. The Morgan fingerprint density at radius 3 is 2.26 bits per heavy atom. The number of rotatable bonds is 2. The van der Waals surface area contributed by atoms with Crippen molar-refractivity contribution in [1.29, 1.82) is 0 Å². The van der Waals surface area contributed by atoms with Gasteiger partial charge in [-0.2, -0.15) is 0 Å². The molecule has 1 saturated heterocycles. The molecule has 2 heteroatoms. The number of anilines is 1. The minimum atomic E-state index is 0.238. The predicted octanol–water partition coefficient (Wildman–Crippen LogP) is 6.33. The Balaban J connectivity index is 1.70. The molecule has 1 aromatic heterocycles. The van der Waals surface area contributed by atoms with Gasteiger partial charge in [0, 0.05) is 18.7 Å². The molecule has 2 aromatic rings. The van der Waals surface area contributed by atoms with Crippen LogP contribution in [0.3, 0.4) is 0 Å². The van der Waals surface area contributed by atoms with Gasteiger partial charge in [0.05, 0.1) is 5.69 Å². The third-order valence-electron chi connectivity index (χ3n) is 6.99. The largest absolute Gasteiger partial charge is 0.357 e. The monoisotopic (exact) mass is 362 g/mol. The van der Waals surface area contributed by atoms with Gasteiger partial charge in [0.25, 0.3) is 0 Å². The number of hydrogen-bond acceptors (Lipinski definition) is 2. The van der Waals surface area contributed by atoms with Crippen molar-refractivity contribution in [3.8, 4) is 11.3 Å². The van der Waals surface area contributed by atoms with E-state index in [9.17, 15) is 0 Å². The van der Waals surface area contributed by atoms with Crippen molar-refractivity contribution >= 4 is 5.82 Å². The van der Waals surface area contributed by atoms with Crippen molar-refractivity contribution in [2.24, 2.45) is 5.92 Å². The molecule has 4 rings (SSSR count). The average Bonchev–Trinajstić information content (AvgIpc) is 2.66. The second kappa shape index (κ2) is 6.65. The quantitative estimate of drug-likeness (QED) is 0.620. The Morgan fingerprint density at radius 1 is 0.889 bits per heavy atom. The van der Waals surface area contributed by atoms with Gasteiger partial charge in [0.2, 0.25) is 0 Å². The number of aromatic nitrogens is 1. The van der Waals surface area contributed by atoms with Crippen LogP contribution in [0.25, 0.3) is 11.3 Å². The molecule has 0 bridgehead atoms. The standard InChI is InChI=1S/C25H34N2/c1-18-11-15-27(16-12-18)23-8-6-7-22(26-23)19-9-10-20-21(17-19)25(4,5)14-13-24(20,2)3/h6-10,17-18H,11-16H2,1-5H3. The van der Waals surface area contributed by atoms with Gasteiger partial charge in [0.15, 0.2) is 0 Å². The van der Waals surface area contributed by atoms with E-state index in [-0.39, 0.29) is 10.8 Å². The Labute approximate surface area is 165 Å². The highest BCUT2D eigenvalue weighted by molar-refractivity contribution is 5.65. The fourth-order valence-corrected chi connectivity index (χ4v) is 4.75. The van der Waals surface area contributed by atoms with Gasteiger partial charge in [0.1, 0.15) is 5.82 Å². The van der Waals surface area contributed by atoms with Crippen LogP contribution < -0.4 is 4.90 Å². The average molecular weight is 363 g/mol. The van der Waals surface area contributed by atoms with Gasteiger partial charge < -0.3 is 4.90 Å². The molecule has 1 aliphatic carbocycles. The molecule has 27 heavy (non-hydrogen) atoms. The van der Waals surface area contributed by atoms with E-state index in [0.717, 1.165) is 30.5 Å². The number of piperidine rings is 1. The summed E-state index contributed by atoms with van der Waals surface area (Å²) in [5.74, 6) is 1.98. The summed E-state index contributed by atoms with van der Waals surface area (Å²) in [5, 5.41) is 0. The van der Waals surface area contributed by atoms with E-state index < -0.39 is 0 Å². The molecule has 2 aliphatic rings. The lowest BCUT2D eigenvalue weighted by molar-refractivity contribution is 0.332. The van der Waals surface area contributed by atoms with Gasteiger partial charge in [-0.05, 0) is 71.8 Å². The van der Waals surface area contributed by atoms with Crippen LogP contribution in [-0.4, -0.2) is 18.1 Å². The molecular weight excluding hydrogens is 328 g/mol. The molecule has 0 N–H and O–H groups in total. The van der Waals surface area contributed by atoms with E-state index in [1.54, 1.807) is 0 Å². The topological polar surface area (TPSA) is 16.1 Å². The van der Waals surface area contributed by atoms with Crippen molar-refractivity contribution in [2.45, 2.75) is 71.1 Å². The van der Waals surface area contributed by atoms with Crippen molar-refractivity contribution in [3.05, 3.63) is 47.5 Å². The molecule has 0 amide bonds. The summed E-state index contributed by atoms with van der Waals surface area (Å²) in [6, 6.07) is 13.6. The molecule has 0 unspecified atom stereocenters. The summed E-state index contributed by atoms with van der Waals surface area (Å²) >= 11 is 0. The molecule has 1 aliphatic heterocycles. The minimum absolute atomic E-state index is 0.238. The van der Waals surface area contributed by atoms with Crippen LogP contribution in [0, 0.1) is 5.92 Å². The smallest absolute Gasteiger partial charge is 0.129 e. The Kier molecular flexibility index (Phi) is 4.56. The minimum Gasteiger partial charge on any atom is -0.357 e. The second-order valence-corrected chi connectivity index (χ2v) is 10.1. The molecule has 144 valence electrons. The zero-order chi connectivity index (χ0) is 19.2. The molecule has 1 aromatic carbocycles. The molecular formula is C25H34N2. The Morgan fingerprint density at radius 2 is 1.56 bits per heavy atom. The van der Waals surface area contributed by atoms with Gasteiger partial charge in [-0.3, -0.25) is 0 Å². The van der Waals surface area contributed by atoms with E-state index in [2.05, 4.69) is 75.9 Å². The summed E-state index contributed by atoms with van der Waals surface area (Å²) in [7, 11) is 0. The van der Waals surface area contributed by atoms with Crippen molar-refractivity contribution in [3.63, 3.8) is 0 Å². The van der Waals surface area contributed by atoms with E-state index in [4.69, 9.17) is 4.98 Å². The molecule has 2 nitrogen and oxygen atoms in total. The van der Waals surface area contributed by atoms with E-state index >= 15 is 0 Å². The molecule has 0 atom stereocenters. The number of pyridine rings is 1. The molecule has 0 spiro atoms. The van der Waals surface area contributed by atoms with Gasteiger partial charge in [-0.15, -0.1) is 0 Å². The second-order valence-electron chi connectivity index (χ2n) is 10.1. The van der Waals surface area contributed by atoms with Crippen LogP contribution in [0.15, 0.2) is 36.4 Å². The highest BCUT2D eigenvalue weighted by Gasteiger charge is 2.37. The van der Waals surface area contributed by atoms with Gasteiger partial charge in [-0.25, -0.2) is 4.98 Å². The van der Waals surface area contributed by atoms with Crippen LogP contribution >= 0.6 is 0 Å². The van der Waals surface area contributed by atoms with Crippen LogP contribution in [-0.2, 0) is 10.8 Å². The van der Waals surface area contributed by atoms with Gasteiger partial charge in [-0.1, -0.05) is 52.8 Å². The first-order valence-corrected chi connectivity index (χ1v) is 10.6. The van der Waals surface area contributed by atoms with Crippen LogP contribution in [0.5, 0.6) is 0 Å². The molecule has 0 saturated carbocycles. The van der Waals surface area contributed by atoms with Crippen molar-refractivity contribution < 1.29 is 0 Å². The van der Waals surface area contributed by atoms with E-state index in [1.165, 1.54) is 42.4 Å². The lowest BCUT2D eigenvalue weighted by atomic mass is 9.63. The fraction of sp³-hybridized carbons (Fsp3) is 0.560. The molecule has 0 radical (unpaired) electrons. The zero-order valence-corrected chi connectivity index (χ0v) is 17.7. The first-order chi connectivity index (χ1) is 12.8. The van der Waals surface area contributed by atoms with Crippen molar-refractivity contribution in [2.75, 3.05) is 18.0 Å². The Hall–Kier alpha value is -1.83. The van der Waals surface area contributed by atoms with Crippen LogP contribution in [0.2, 0.25) is 0 Å². The van der Waals surface area contributed by atoms with Gasteiger partial charge >= 0.3 is 0 Å². The Bertz CT molecular complexity index is 826. The highest BCUT2D eigenvalue weighted by atomic mass is 15.2. The van der Waals surface area contributed by atoms with Crippen molar-refractivity contribution in [1.82, 2.24) is 4.98 Å². The highest BCUT2D eigenvalue weighted by Crippen LogP contribution is 2.46. The summed E-state index contributed by atoms with van der Waals surface area (Å²) in [6.07, 6.45) is 5.05. The maximum atomic E-state index is 5.05. The van der Waals surface area contributed by atoms with E-state index in [1.807, 2.05) is 0 Å². The summed E-state index contributed by atoms with van der Waals surface area (Å²) in [4.78, 5) is 7.50. The third kappa shape index (κ3) is 3.51. The normalized spacial score (nSPS) is 21.7. The molecule has 1 fully saturated rings. The summed E-state index contributed by atoms with van der Waals surface area (Å²) in [5.41, 5.74) is 5.89. The molecule has 2 heterocycles. The first kappa shape index (κ1) is 18.5.